The Hall–Kier alpha value is -3.49. The number of rotatable bonds is 9. The zero-order valence-electron chi connectivity index (χ0n) is 16.9. The van der Waals surface area contributed by atoms with E-state index in [9.17, 15) is 22.4 Å². The summed E-state index contributed by atoms with van der Waals surface area (Å²) in [5.74, 6) is -1.49. The van der Waals surface area contributed by atoms with Gasteiger partial charge in [0.25, 0.3) is 0 Å². The monoisotopic (exact) mass is 447 g/mol. The van der Waals surface area contributed by atoms with Gasteiger partial charge in [0.15, 0.2) is 0 Å². The first-order valence-corrected chi connectivity index (χ1v) is 10.7. The first kappa shape index (κ1) is 23.8. The van der Waals surface area contributed by atoms with Crippen LogP contribution in [0.2, 0.25) is 0 Å². The predicted octanol–water partition coefficient (Wildman–Crippen LogP) is 1.55. The number of carbonyl (C=O) groups excluding carboxylic acids is 2. The van der Waals surface area contributed by atoms with Crippen LogP contribution in [-0.4, -0.2) is 39.4 Å². The van der Waals surface area contributed by atoms with Crippen molar-refractivity contribution < 1.29 is 22.4 Å². The van der Waals surface area contributed by atoms with Gasteiger partial charge in [-0.2, -0.15) is 9.98 Å². The molecule has 0 aliphatic carbocycles. The number of carbonyl (C=O) groups is 2. The van der Waals surface area contributed by atoms with E-state index in [-0.39, 0.29) is 29.5 Å². The summed E-state index contributed by atoms with van der Waals surface area (Å²) in [6, 6.07) is 10.4. The highest BCUT2D eigenvalue weighted by Crippen LogP contribution is 2.17. The molecule has 0 spiro atoms. The summed E-state index contributed by atoms with van der Waals surface area (Å²) in [7, 11) is -3.95. The van der Waals surface area contributed by atoms with Crippen molar-refractivity contribution in [3.8, 4) is 6.07 Å². The van der Waals surface area contributed by atoms with Crippen molar-refractivity contribution in [2.45, 2.75) is 24.8 Å². The molecule has 2 aromatic carbocycles. The van der Waals surface area contributed by atoms with Crippen molar-refractivity contribution in [1.82, 2.24) is 10.0 Å². The molecular formula is C20H22FN5O4S. The summed E-state index contributed by atoms with van der Waals surface area (Å²) in [5, 5.41) is 16.9. The summed E-state index contributed by atoms with van der Waals surface area (Å²) >= 11 is 0. The Morgan fingerprint density at radius 3 is 2.42 bits per heavy atom. The summed E-state index contributed by atoms with van der Waals surface area (Å²) in [4.78, 5) is 23.2. The lowest BCUT2D eigenvalue weighted by atomic mass is 10.2. The smallest absolute Gasteiger partial charge is 0.241 e. The maximum atomic E-state index is 13.6. The first-order chi connectivity index (χ1) is 14.6. The van der Waals surface area contributed by atoms with Crippen LogP contribution in [0.5, 0.6) is 0 Å². The van der Waals surface area contributed by atoms with Crippen LogP contribution in [-0.2, 0) is 19.6 Å². The average Bonchev–Trinajstić information content (AvgIpc) is 2.70. The van der Waals surface area contributed by atoms with Crippen LogP contribution >= 0.6 is 0 Å². The summed E-state index contributed by atoms with van der Waals surface area (Å²) in [6.07, 6.45) is 0. The lowest BCUT2D eigenvalue weighted by molar-refractivity contribution is -0.122. The number of nitriles is 1. The Labute approximate surface area is 179 Å². The largest absolute Gasteiger partial charge is 0.382 e. The average molecular weight is 447 g/mol. The fourth-order valence-corrected chi connectivity index (χ4v) is 3.80. The molecule has 2 aromatic rings. The molecule has 0 aliphatic heterocycles. The Morgan fingerprint density at radius 1 is 1.13 bits per heavy atom. The third kappa shape index (κ3) is 6.77. The van der Waals surface area contributed by atoms with Crippen LogP contribution in [0.3, 0.4) is 0 Å². The SMILES string of the molecule is CC(=O)Nc1ccc(S(=O)(=O)N[C@@H](C)C(=O)NCCNc2cccc(F)c2C#N)cc1. The van der Waals surface area contributed by atoms with E-state index in [0.29, 0.717) is 11.4 Å². The summed E-state index contributed by atoms with van der Waals surface area (Å²) in [5.41, 5.74) is 0.621. The molecule has 31 heavy (non-hydrogen) atoms. The number of nitrogens with zero attached hydrogens (tertiary/aromatic N) is 1. The molecule has 4 N–H and O–H groups in total. The van der Waals surface area contributed by atoms with Crippen molar-refractivity contribution in [1.29, 1.82) is 5.26 Å². The van der Waals surface area contributed by atoms with Gasteiger partial charge in [-0.3, -0.25) is 9.59 Å². The Balaban J connectivity index is 1.87. The number of hydrogen-bond acceptors (Lipinski definition) is 6. The fourth-order valence-electron chi connectivity index (χ4n) is 2.60. The van der Waals surface area contributed by atoms with Crippen molar-refractivity contribution in [3.05, 3.63) is 53.8 Å². The Kier molecular flexibility index (Phi) is 8.07. The third-order valence-corrected chi connectivity index (χ3v) is 5.63. The highest BCUT2D eigenvalue weighted by atomic mass is 32.2. The maximum Gasteiger partial charge on any atom is 0.241 e. The molecule has 0 fully saturated rings. The van der Waals surface area contributed by atoms with E-state index in [1.165, 1.54) is 56.3 Å². The van der Waals surface area contributed by atoms with Gasteiger partial charge in [-0.1, -0.05) is 6.07 Å². The van der Waals surface area contributed by atoms with Gasteiger partial charge in [-0.15, -0.1) is 0 Å². The molecule has 0 saturated carbocycles. The van der Waals surface area contributed by atoms with Gasteiger partial charge < -0.3 is 16.0 Å². The van der Waals surface area contributed by atoms with Gasteiger partial charge in [0.05, 0.1) is 16.6 Å². The van der Waals surface area contributed by atoms with E-state index in [1.54, 1.807) is 6.07 Å². The number of sulfonamides is 1. The molecule has 0 heterocycles. The molecule has 164 valence electrons. The van der Waals surface area contributed by atoms with Crippen molar-refractivity contribution in [2.75, 3.05) is 23.7 Å². The van der Waals surface area contributed by atoms with Crippen LogP contribution in [0.25, 0.3) is 0 Å². The topological polar surface area (TPSA) is 140 Å². The standard InChI is InChI=1S/C20H22FN5O4S/c1-13(26-31(29,30)16-8-6-15(7-9-16)25-14(2)27)20(28)24-11-10-23-19-5-3-4-18(21)17(19)12-22/h3-9,13,23,26H,10-11H2,1-2H3,(H,24,28)(H,25,27)/t13-/m0/s1. The second-order valence-corrected chi connectivity index (χ2v) is 8.25. The molecule has 0 radical (unpaired) electrons. The molecule has 2 amide bonds. The minimum Gasteiger partial charge on any atom is -0.382 e. The van der Waals surface area contributed by atoms with Crippen LogP contribution in [0, 0.1) is 17.1 Å². The molecule has 2 rings (SSSR count). The Morgan fingerprint density at radius 2 is 1.81 bits per heavy atom. The zero-order valence-corrected chi connectivity index (χ0v) is 17.7. The number of anilines is 2. The van der Waals surface area contributed by atoms with Crippen LogP contribution in [0.1, 0.15) is 19.4 Å². The normalized spacial score (nSPS) is 11.8. The number of benzene rings is 2. The zero-order chi connectivity index (χ0) is 23.0. The van der Waals surface area contributed by atoms with E-state index < -0.39 is 27.8 Å². The van der Waals surface area contributed by atoms with Crippen LogP contribution < -0.4 is 20.7 Å². The second-order valence-electron chi connectivity index (χ2n) is 6.54. The highest BCUT2D eigenvalue weighted by molar-refractivity contribution is 7.89. The lowest BCUT2D eigenvalue weighted by Crippen LogP contribution is -2.45. The quantitative estimate of drug-likeness (QED) is 0.430. The molecule has 0 aromatic heterocycles. The lowest BCUT2D eigenvalue weighted by Gasteiger charge is -2.15. The highest BCUT2D eigenvalue weighted by Gasteiger charge is 2.21. The van der Waals surface area contributed by atoms with Crippen LogP contribution in [0.15, 0.2) is 47.4 Å². The number of halogens is 1. The minimum absolute atomic E-state index is 0.0574. The fraction of sp³-hybridized carbons (Fsp3) is 0.250. The van der Waals surface area contributed by atoms with Gasteiger partial charge >= 0.3 is 0 Å². The van der Waals surface area contributed by atoms with E-state index in [4.69, 9.17) is 5.26 Å². The van der Waals surface area contributed by atoms with Gasteiger partial charge in [0.1, 0.15) is 17.4 Å². The summed E-state index contributed by atoms with van der Waals surface area (Å²) < 4.78 is 40.7. The molecule has 0 unspecified atom stereocenters. The maximum absolute atomic E-state index is 13.6. The molecule has 9 nitrogen and oxygen atoms in total. The minimum atomic E-state index is -3.95. The third-order valence-electron chi connectivity index (χ3n) is 4.08. The number of hydrogen-bond donors (Lipinski definition) is 4. The van der Waals surface area contributed by atoms with Gasteiger partial charge in [-0.05, 0) is 43.3 Å². The molecule has 11 heteroatoms. The number of amides is 2. The van der Waals surface area contributed by atoms with Crippen molar-refractivity contribution in [2.24, 2.45) is 0 Å². The van der Waals surface area contributed by atoms with Crippen LogP contribution in [0.4, 0.5) is 15.8 Å². The van der Waals surface area contributed by atoms with Crippen molar-refractivity contribution in [3.63, 3.8) is 0 Å². The summed E-state index contributed by atoms with van der Waals surface area (Å²) in [6.45, 7) is 3.06. The molecular weight excluding hydrogens is 425 g/mol. The van der Waals surface area contributed by atoms with E-state index in [0.717, 1.165) is 0 Å². The van der Waals surface area contributed by atoms with Gasteiger partial charge in [0.2, 0.25) is 21.8 Å². The van der Waals surface area contributed by atoms with Gasteiger partial charge in [-0.25, -0.2) is 12.8 Å². The Bertz CT molecular complexity index is 1100. The predicted molar refractivity (Wildman–Crippen MR) is 113 cm³/mol. The molecule has 0 aliphatic rings. The molecule has 0 bridgehead atoms. The van der Waals surface area contributed by atoms with E-state index in [2.05, 4.69) is 20.7 Å². The molecule has 0 saturated heterocycles. The molecule has 1 atom stereocenters. The first-order valence-electron chi connectivity index (χ1n) is 9.24. The number of nitrogens with one attached hydrogen (secondary N) is 4. The second kappa shape index (κ2) is 10.5. The van der Waals surface area contributed by atoms with Crippen molar-refractivity contribution >= 4 is 33.2 Å². The van der Waals surface area contributed by atoms with Gasteiger partial charge in [0, 0.05) is 25.7 Å². The van der Waals surface area contributed by atoms with E-state index >= 15 is 0 Å². The van der Waals surface area contributed by atoms with E-state index in [1.807, 2.05) is 0 Å².